The lowest BCUT2D eigenvalue weighted by molar-refractivity contribution is -0.127. The number of likely N-dealkylation sites (tertiary alicyclic amines) is 1. The van der Waals surface area contributed by atoms with E-state index in [1.165, 1.54) is 12.8 Å². The standard InChI is InChI=1S/C19H24N2O3/c1-15(24-16-8-3-2-4-9-16)19(22)20-14-17(18-10-7-13-23-18)21-11-5-6-12-21/h2-4,7-10,13,15,17H,5-6,11-12,14H2,1H3,(H,20,22). The number of carbonyl (C=O) groups excluding carboxylic acids is 1. The third-order valence-corrected chi connectivity index (χ3v) is 4.35. The molecule has 2 aromatic rings. The second kappa shape index (κ2) is 8.02. The Bertz CT molecular complexity index is 621. The first-order chi connectivity index (χ1) is 11.7. The molecule has 5 nitrogen and oxygen atoms in total. The number of amides is 1. The van der Waals surface area contributed by atoms with Crippen LogP contribution < -0.4 is 10.1 Å². The van der Waals surface area contributed by atoms with E-state index in [2.05, 4.69) is 10.2 Å². The first kappa shape index (κ1) is 16.6. The molecular formula is C19H24N2O3. The number of carbonyl (C=O) groups is 1. The van der Waals surface area contributed by atoms with E-state index in [1.807, 2.05) is 42.5 Å². The lowest BCUT2D eigenvalue weighted by Gasteiger charge is -2.26. The molecule has 0 aliphatic carbocycles. The fourth-order valence-electron chi connectivity index (χ4n) is 3.04. The molecular weight excluding hydrogens is 304 g/mol. The summed E-state index contributed by atoms with van der Waals surface area (Å²) in [4.78, 5) is 14.7. The van der Waals surface area contributed by atoms with Gasteiger partial charge in [0.2, 0.25) is 0 Å². The molecule has 1 N–H and O–H groups in total. The lowest BCUT2D eigenvalue weighted by atomic mass is 10.2. The number of para-hydroxylation sites is 1. The summed E-state index contributed by atoms with van der Waals surface area (Å²) in [5.41, 5.74) is 0. The minimum Gasteiger partial charge on any atom is -0.481 e. The third-order valence-electron chi connectivity index (χ3n) is 4.35. The number of benzene rings is 1. The summed E-state index contributed by atoms with van der Waals surface area (Å²) in [7, 11) is 0. The molecule has 2 unspecified atom stereocenters. The topological polar surface area (TPSA) is 54.7 Å². The van der Waals surface area contributed by atoms with E-state index >= 15 is 0 Å². The monoisotopic (exact) mass is 328 g/mol. The molecule has 1 fully saturated rings. The van der Waals surface area contributed by atoms with Crippen molar-refractivity contribution in [3.63, 3.8) is 0 Å². The number of hydrogen-bond acceptors (Lipinski definition) is 4. The number of rotatable bonds is 7. The summed E-state index contributed by atoms with van der Waals surface area (Å²) in [6.45, 7) is 4.36. The Morgan fingerprint density at radius 3 is 2.62 bits per heavy atom. The Morgan fingerprint density at radius 2 is 1.96 bits per heavy atom. The van der Waals surface area contributed by atoms with Crippen molar-refractivity contribution in [1.29, 1.82) is 0 Å². The zero-order valence-electron chi connectivity index (χ0n) is 14.0. The Labute approximate surface area is 142 Å². The predicted octanol–water partition coefficient (Wildman–Crippen LogP) is 3.00. The molecule has 24 heavy (non-hydrogen) atoms. The average molecular weight is 328 g/mol. The van der Waals surface area contributed by atoms with Gasteiger partial charge in [-0.2, -0.15) is 0 Å². The number of hydrogen-bond donors (Lipinski definition) is 1. The molecule has 2 heterocycles. The quantitative estimate of drug-likeness (QED) is 0.849. The van der Waals surface area contributed by atoms with Gasteiger partial charge in [-0.15, -0.1) is 0 Å². The van der Waals surface area contributed by atoms with E-state index in [-0.39, 0.29) is 11.9 Å². The van der Waals surface area contributed by atoms with Gasteiger partial charge in [0.1, 0.15) is 11.5 Å². The van der Waals surface area contributed by atoms with Crippen molar-refractivity contribution in [2.24, 2.45) is 0 Å². The minimum atomic E-state index is -0.539. The van der Waals surface area contributed by atoms with Crippen LogP contribution in [0.4, 0.5) is 0 Å². The predicted molar refractivity (Wildman–Crippen MR) is 91.8 cm³/mol. The highest BCUT2D eigenvalue weighted by Gasteiger charge is 2.26. The molecule has 1 amide bonds. The zero-order chi connectivity index (χ0) is 16.8. The molecule has 128 valence electrons. The van der Waals surface area contributed by atoms with E-state index in [0.29, 0.717) is 12.3 Å². The van der Waals surface area contributed by atoms with E-state index < -0.39 is 6.10 Å². The maximum absolute atomic E-state index is 12.4. The van der Waals surface area contributed by atoms with Crippen molar-refractivity contribution in [2.75, 3.05) is 19.6 Å². The first-order valence-electron chi connectivity index (χ1n) is 8.51. The maximum Gasteiger partial charge on any atom is 0.260 e. The molecule has 3 rings (SSSR count). The first-order valence-corrected chi connectivity index (χ1v) is 8.51. The van der Waals surface area contributed by atoms with Crippen molar-refractivity contribution in [3.05, 3.63) is 54.5 Å². The Balaban J connectivity index is 1.56. The van der Waals surface area contributed by atoms with Crippen LogP contribution in [0, 0.1) is 0 Å². The van der Waals surface area contributed by atoms with Crippen LogP contribution in [0.3, 0.4) is 0 Å². The van der Waals surface area contributed by atoms with Crippen molar-refractivity contribution < 1.29 is 13.9 Å². The van der Waals surface area contributed by atoms with E-state index in [4.69, 9.17) is 9.15 Å². The van der Waals surface area contributed by atoms with Crippen molar-refractivity contribution in [1.82, 2.24) is 10.2 Å². The molecule has 5 heteroatoms. The highest BCUT2D eigenvalue weighted by atomic mass is 16.5. The van der Waals surface area contributed by atoms with E-state index in [9.17, 15) is 4.79 Å². The fourth-order valence-corrected chi connectivity index (χ4v) is 3.04. The van der Waals surface area contributed by atoms with Crippen LogP contribution in [0.15, 0.2) is 53.1 Å². The second-order valence-corrected chi connectivity index (χ2v) is 6.09. The Hall–Kier alpha value is -2.27. The van der Waals surface area contributed by atoms with Gasteiger partial charge >= 0.3 is 0 Å². The van der Waals surface area contributed by atoms with Gasteiger partial charge in [-0.25, -0.2) is 0 Å². The summed E-state index contributed by atoms with van der Waals surface area (Å²) >= 11 is 0. The van der Waals surface area contributed by atoms with Gasteiger partial charge in [-0.3, -0.25) is 9.69 Å². The minimum absolute atomic E-state index is 0.0791. The number of nitrogens with one attached hydrogen (secondary N) is 1. The molecule has 2 atom stereocenters. The zero-order valence-corrected chi connectivity index (χ0v) is 14.0. The molecule has 0 spiro atoms. The van der Waals surface area contributed by atoms with Gasteiger partial charge in [-0.1, -0.05) is 18.2 Å². The Kier molecular flexibility index (Phi) is 5.54. The maximum atomic E-state index is 12.4. The molecule has 1 aliphatic heterocycles. The van der Waals surface area contributed by atoms with Crippen LogP contribution in [-0.2, 0) is 4.79 Å². The lowest BCUT2D eigenvalue weighted by Crippen LogP contribution is -2.41. The summed E-state index contributed by atoms with van der Waals surface area (Å²) < 4.78 is 11.2. The van der Waals surface area contributed by atoms with Crippen molar-refractivity contribution in [2.45, 2.75) is 31.9 Å². The number of nitrogens with zero attached hydrogens (tertiary/aromatic N) is 1. The molecule has 1 aromatic heterocycles. The average Bonchev–Trinajstić information content (AvgIpc) is 3.30. The molecule has 0 bridgehead atoms. The molecule has 0 saturated carbocycles. The summed E-state index contributed by atoms with van der Waals surface area (Å²) in [6, 6.07) is 13.3. The highest BCUT2D eigenvalue weighted by Crippen LogP contribution is 2.24. The summed E-state index contributed by atoms with van der Waals surface area (Å²) in [5, 5.41) is 3.00. The number of furan rings is 1. The molecule has 1 saturated heterocycles. The van der Waals surface area contributed by atoms with Crippen LogP contribution in [-0.4, -0.2) is 36.5 Å². The molecule has 1 aliphatic rings. The molecule has 0 radical (unpaired) electrons. The molecule has 1 aromatic carbocycles. The van der Waals surface area contributed by atoms with Gasteiger partial charge in [0.25, 0.3) is 5.91 Å². The second-order valence-electron chi connectivity index (χ2n) is 6.09. The van der Waals surface area contributed by atoms with Crippen LogP contribution in [0.25, 0.3) is 0 Å². The van der Waals surface area contributed by atoms with Crippen LogP contribution in [0.2, 0.25) is 0 Å². The van der Waals surface area contributed by atoms with Crippen LogP contribution >= 0.6 is 0 Å². The number of ether oxygens (including phenoxy) is 1. The normalized spacial score (nSPS) is 17.4. The SMILES string of the molecule is CC(Oc1ccccc1)C(=O)NCC(c1ccco1)N1CCCC1. The fraction of sp³-hybridized carbons (Fsp3) is 0.421. The highest BCUT2D eigenvalue weighted by molar-refractivity contribution is 5.80. The van der Waals surface area contributed by atoms with Gasteiger partial charge in [0.15, 0.2) is 6.10 Å². The van der Waals surface area contributed by atoms with Crippen LogP contribution in [0.1, 0.15) is 31.6 Å². The smallest absolute Gasteiger partial charge is 0.260 e. The van der Waals surface area contributed by atoms with Crippen molar-refractivity contribution in [3.8, 4) is 5.75 Å². The van der Waals surface area contributed by atoms with Crippen molar-refractivity contribution >= 4 is 5.91 Å². The van der Waals surface area contributed by atoms with Gasteiger partial charge in [0.05, 0.1) is 12.3 Å². The summed E-state index contributed by atoms with van der Waals surface area (Å²) in [5.74, 6) is 1.48. The summed E-state index contributed by atoms with van der Waals surface area (Å²) in [6.07, 6.45) is 3.53. The van der Waals surface area contributed by atoms with E-state index in [1.54, 1.807) is 13.2 Å². The van der Waals surface area contributed by atoms with Gasteiger partial charge in [-0.05, 0) is 57.1 Å². The third kappa shape index (κ3) is 4.17. The van der Waals surface area contributed by atoms with Gasteiger partial charge in [0, 0.05) is 6.54 Å². The van der Waals surface area contributed by atoms with Crippen LogP contribution in [0.5, 0.6) is 5.75 Å². The Morgan fingerprint density at radius 1 is 1.21 bits per heavy atom. The van der Waals surface area contributed by atoms with E-state index in [0.717, 1.165) is 18.8 Å². The van der Waals surface area contributed by atoms with Gasteiger partial charge < -0.3 is 14.5 Å². The largest absolute Gasteiger partial charge is 0.481 e.